The van der Waals surface area contributed by atoms with E-state index in [0.29, 0.717) is 19.2 Å². The SMILES string of the molecule is NCCN(CCc1ccccc1)C(=O)C1CC2CCC1O2. The molecule has 4 heteroatoms. The van der Waals surface area contributed by atoms with Gasteiger partial charge in [0.15, 0.2) is 0 Å². The van der Waals surface area contributed by atoms with E-state index in [4.69, 9.17) is 10.5 Å². The van der Waals surface area contributed by atoms with Gasteiger partial charge >= 0.3 is 0 Å². The molecule has 2 aliphatic heterocycles. The molecule has 0 radical (unpaired) electrons. The Bertz CT molecular complexity index is 477. The zero-order chi connectivity index (χ0) is 14.7. The van der Waals surface area contributed by atoms with Crippen molar-refractivity contribution in [1.29, 1.82) is 0 Å². The molecule has 3 atom stereocenters. The molecule has 0 aliphatic carbocycles. The van der Waals surface area contributed by atoms with Crippen LogP contribution in [0.4, 0.5) is 0 Å². The van der Waals surface area contributed by atoms with Crippen LogP contribution in [0, 0.1) is 5.92 Å². The standard InChI is InChI=1S/C17H24N2O2/c18-9-11-19(10-8-13-4-2-1-3-5-13)17(20)15-12-14-6-7-16(15)21-14/h1-5,14-16H,6-12,18H2. The molecule has 2 saturated heterocycles. The van der Waals surface area contributed by atoms with Crippen LogP contribution in [-0.2, 0) is 16.0 Å². The van der Waals surface area contributed by atoms with Crippen molar-refractivity contribution in [2.75, 3.05) is 19.6 Å². The minimum atomic E-state index is 0.0612. The average Bonchev–Trinajstić information content (AvgIpc) is 3.14. The van der Waals surface area contributed by atoms with Crippen molar-refractivity contribution in [3.8, 4) is 0 Å². The third-order valence-corrected chi connectivity index (χ3v) is 4.65. The molecule has 2 N–H and O–H groups in total. The van der Waals surface area contributed by atoms with E-state index in [9.17, 15) is 4.79 Å². The Morgan fingerprint density at radius 1 is 1.24 bits per heavy atom. The Balaban J connectivity index is 1.59. The van der Waals surface area contributed by atoms with Crippen molar-refractivity contribution in [2.45, 2.75) is 37.9 Å². The molecule has 0 aromatic heterocycles. The maximum Gasteiger partial charge on any atom is 0.228 e. The summed E-state index contributed by atoms with van der Waals surface area (Å²) in [4.78, 5) is 14.7. The number of hydrogen-bond donors (Lipinski definition) is 1. The predicted molar refractivity (Wildman–Crippen MR) is 81.8 cm³/mol. The van der Waals surface area contributed by atoms with Crippen molar-refractivity contribution in [3.05, 3.63) is 35.9 Å². The smallest absolute Gasteiger partial charge is 0.228 e. The number of fused-ring (bicyclic) bond motifs is 2. The summed E-state index contributed by atoms with van der Waals surface area (Å²) in [6.45, 7) is 1.90. The van der Waals surface area contributed by atoms with E-state index in [0.717, 1.165) is 32.2 Å². The molecule has 2 aliphatic rings. The molecule has 2 fully saturated rings. The van der Waals surface area contributed by atoms with Gasteiger partial charge in [0.2, 0.25) is 5.91 Å². The monoisotopic (exact) mass is 288 g/mol. The van der Waals surface area contributed by atoms with Crippen LogP contribution in [0.5, 0.6) is 0 Å². The van der Waals surface area contributed by atoms with Crippen LogP contribution in [0.3, 0.4) is 0 Å². The van der Waals surface area contributed by atoms with Crippen LogP contribution in [0.25, 0.3) is 0 Å². The summed E-state index contributed by atoms with van der Waals surface area (Å²) in [5, 5.41) is 0. The summed E-state index contributed by atoms with van der Waals surface area (Å²) in [5.74, 6) is 0.301. The summed E-state index contributed by atoms with van der Waals surface area (Å²) in [6.07, 6.45) is 4.41. The second-order valence-electron chi connectivity index (χ2n) is 6.07. The molecule has 2 heterocycles. The highest BCUT2D eigenvalue weighted by molar-refractivity contribution is 5.80. The van der Waals surface area contributed by atoms with Crippen molar-refractivity contribution in [3.63, 3.8) is 0 Å². The molecule has 0 spiro atoms. The fourth-order valence-corrected chi connectivity index (χ4v) is 3.53. The lowest BCUT2D eigenvalue weighted by molar-refractivity contribution is -0.137. The van der Waals surface area contributed by atoms with Crippen molar-refractivity contribution in [2.24, 2.45) is 11.7 Å². The number of nitrogens with two attached hydrogens (primary N) is 1. The minimum absolute atomic E-state index is 0.0612. The van der Waals surface area contributed by atoms with Crippen LogP contribution < -0.4 is 5.73 Å². The van der Waals surface area contributed by atoms with E-state index in [-0.39, 0.29) is 17.9 Å². The summed E-state index contributed by atoms with van der Waals surface area (Å²) >= 11 is 0. The Hall–Kier alpha value is -1.39. The number of nitrogens with zero attached hydrogens (tertiary/aromatic N) is 1. The fraction of sp³-hybridized carbons (Fsp3) is 0.588. The first-order valence-electron chi connectivity index (χ1n) is 7.96. The number of benzene rings is 1. The van der Waals surface area contributed by atoms with Crippen LogP contribution in [0.1, 0.15) is 24.8 Å². The topological polar surface area (TPSA) is 55.6 Å². The van der Waals surface area contributed by atoms with Gasteiger partial charge in [-0.05, 0) is 31.2 Å². The van der Waals surface area contributed by atoms with Crippen LogP contribution >= 0.6 is 0 Å². The summed E-state index contributed by atoms with van der Waals surface area (Å²) in [5.41, 5.74) is 6.95. The van der Waals surface area contributed by atoms with E-state index in [2.05, 4.69) is 12.1 Å². The molecule has 3 unspecified atom stereocenters. The van der Waals surface area contributed by atoms with Crippen LogP contribution in [-0.4, -0.2) is 42.6 Å². The first-order valence-corrected chi connectivity index (χ1v) is 7.96. The third-order valence-electron chi connectivity index (χ3n) is 4.65. The maximum atomic E-state index is 12.7. The highest BCUT2D eigenvalue weighted by atomic mass is 16.5. The van der Waals surface area contributed by atoms with Gasteiger partial charge in [0.25, 0.3) is 0 Å². The molecule has 3 rings (SSSR count). The first-order chi connectivity index (χ1) is 10.3. The lowest BCUT2D eigenvalue weighted by Crippen LogP contribution is -2.43. The molecule has 114 valence electrons. The van der Waals surface area contributed by atoms with E-state index < -0.39 is 0 Å². The largest absolute Gasteiger partial charge is 0.374 e. The number of carbonyl (C=O) groups is 1. The van der Waals surface area contributed by atoms with E-state index in [1.165, 1.54) is 5.56 Å². The minimum Gasteiger partial charge on any atom is -0.374 e. The van der Waals surface area contributed by atoms with Gasteiger partial charge in [0, 0.05) is 19.6 Å². The van der Waals surface area contributed by atoms with E-state index >= 15 is 0 Å². The zero-order valence-corrected chi connectivity index (χ0v) is 12.4. The van der Waals surface area contributed by atoms with Crippen molar-refractivity contribution in [1.82, 2.24) is 4.90 Å². The quantitative estimate of drug-likeness (QED) is 0.865. The summed E-state index contributed by atoms with van der Waals surface area (Å²) in [6, 6.07) is 10.3. The van der Waals surface area contributed by atoms with Crippen molar-refractivity contribution < 1.29 is 9.53 Å². The van der Waals surface area contributed by atoms with Crippen LogP contribution in [0.15, 0.2) is 30.3 Å². The lowest BCUT2D eigenvalue weighted by atomic mass is 9.88. The zero-order valence-electron chi connectivity index (χ0n) is 12.4. The molecule has 4 nitrogen and oxygen atoms in total. The first kappa shape index (κ1) is 14.5. The van der Waals surface area contributed by atoms with Gasteiger partial charge in [-0.25, -0.2) is 0 Å². The van der Waals surface area contributed by atoms with E-state index in [1.54, 1.807) is 0 Å². The number of rotatable bonds is 6. The second-order valence-corrected chi connectivity index (χ2v) is 6.07. The van der Waals surface area contributed by atoms with Crippen LogP contribution in [0.2, 0.25) is 0 Å². The highest BCUT2D eigenvalue weighted by Crippen LogP contribution is 2.39. The summed E-state index contributed by atoms with van der Waals surface area (Å²) in [7, 11) is 0. The normalized spacial score (nSPS) is 27.0. The molecule has 0 saturated carbocycles. The Morgan fingerprint density at radius 2 is 2.05 bits per heavy atom. The Kier molecular flexibility index (Phi) is 4.56. The molecular weight excluding hydrogens is 264 g/mol. The van der Waals surface area contributed by atoms with Gasteiger partial charge in [0.1, 0.15) is 0 Å². The lowest BCUT2D eigenvalue weighted by Gasteiger charge is -2.28. The van der Waals surface area contributed by atoms with Gasteiger partial charge < -0.3 is 15.4 Å². The number of hydrogen-bond acceptors (Lipinski definition) is 3. The maximum absolute atomic E-state index is 12.7. The van der Waals surface area contributed by atoms with E-state index in [1.807, 2.05) is 23.1 Å². The highest BCUT2D eigenvalue weighted by Gasteiger charge is 2.45. The number of carbonyl (C=O) groups excluding carboxylic acids is 1. The van der Waals surface area contributed by atoms with Gasteiger partial charge in [-0.15, -0.1) is 0 Å². The molecule has 1 aromatic rings. The molecule has 2 bridgehead atoms. The molecular formula is C17H24N2O2. The van der Waals surface area contributed by atoms with Crippen molar-refractivity contribution >= 4 is 5.91 Å². The Morgan fingerprint density at radius 3 is 2.67 bits per heavy atom. The predicted octanol–water partition coefficient (Wildman–Crippen LogP) is 1.58. The molecule has 21 heavy (non-hydrogen) atoms. The Labute approximate surface area is 126 Å². The van der Waals surface area contributed by atoms with Gasteiger partial charge in [-0.1, -0.05) is 30.3 Å². The van der Waals surface area contributed by atoms with Gasteiger partial charge in [-0.2, -0.15) is 0 Å². The summed E-state index contributed by atoms with van der Waals surface area (Å²) < 4.78 is 5.82. The average molecular weight is 288 g/mol. The molecule has 1 aromatic carbocycles. The number of ether oxygens (including phenoxy) is 1. The van der Waals surface area contributed by atoms with Gasteiger partial charge in [0.05, 0.1) is 18.1 Å². The number of amides is 1. The second kappa shape index (κ2) is 6.58. The molecule has 1 amide bonds. The third kappa shape index (κ3) is 3.27. The fourth-order valence-electron chi connectivity index (χ4n) is 3.53. The van der Waals surface area contributed by atoms with Gasteiger partial charge in [-0.3, -0.25) is 4.79 Å².